The van der Waals surface area contributed by atoms with Crippen molar-refractivity contribution in [3.63, 3.8) is 0 Å². The largest absolute Gasteiger partial charge is 0.453 e. The highest BCUT2D eigenvalue weighted by atomic mass is 16.5. The molecule has 0 aliphatic heterocycles. The second kappa shape index (κ2) is 7.92. The van der Waals surface area contributed by atoms with Gasteiger partial charge in [0.15, 0.2) is 5.82 Å². The van der Waals surface area contributed by atoms with E-state index in [4.69, 9.17) is 0 Å². The molecule has 0 radical (unpaired) electrons. The summed E-state index contributed by atoms with van der Waals surface area (Å²) in [5.74, 6) is 0.431. The van der Waals surface area contributed by atoms with Gasteiger partial charge in [0, 0.05) is 11.4 Å². The fraction of sp³-hybridized carbons (Fsp3) is 0.294. The van der Waals surface area contributed by atoms with E-state index in [1.165, 1.54) is 7.11 Å². The molecule has 1 aromatic carbocycles. The van der Waals surface area contributed by atoms with Crippen molar-refractivity contribution in [2.24, 2.45) is 0 Å². The van der Waals surface area contributed by atoms with Crippen molar-refractivity contribution in [3.8, 4) is 6.07 Å². The number of nitrogens with zero attached hydrogens (tertiary/aromatic N) is 3. The van der Waals surface area contributed by atoms with Crippen LogP contribution < -0.4 is 10.6 Å². The van der Waals surface area contributed by atoms with E-state index < -0.39 is 6.09 Å². The molecule has 1 amide bonds. The van der Waals surface area contributed by atoms with E-state index in [1.54, 1.807) is 24.3 Å². The number of aryl methyl sites for hydroxylation is 1. The van der Waals surface area contributed by atoms with Crippen LogP contribution >= 0.6 is 0 Å². The van der Waals surface area contributed by atoms with Crippen LogP contribution in [0.4, 0.5) is 22.0 Å². The molecule has 2 aromatic rings. The van der Waals surface area contributed by atoms with E-state index in [0.29, 0.717) is 17.1 Å². The molecule has 0 saturated carbocycles. The molecular formula is C17H19N5O2. The van der Waals surface area contributed by atoms with Crippen LogP contribution in [0.2, 0.25) is 0 Å². The molecule has 7 nitrogen and oxygen atoms in total. The van der Waals surface area contributed by atoms with E-state index in [1.807, 2.05) is 13.8 Å². The summed E-state index contributed by atoms with van der Waals surface area (Å²) in [4.78, 5) is 11.2. The summed E-state index contributed by atoms with van der Waals surface area (Å²) in [6, 6.07) is 9.20. The number of nitriles is 1. The van der Waals surface area contributed by atoms with Gasteiger partial charge in [0.2, 0.25) is 0 Å². The van der Waals surface area contributed by atoms with Gasteiger partial charge < -0.3 is 10.1 Å². The Morgan fingerprint density at radius 3 is 2.38 bits per heavy atom. The van der Waals surface area contributed by atoms with Crippen LogP contribution in [-0.2, 0) is 17.6 Å². The Balaban J connectivity index is 2.25. The Kier molecular flexibility index (Phi) is 5.68. The van der Waals surface area contributed by atoms with Gasteiger partial charge in [-0.1, -0.05) is 13.8 Å². The van der Waals surface area contributed by atoms with Crippen molar-refractivity contribution in [1.82, 2.24) is 10.2 Å². The number of carbonyl (C=O) groups excluding carboxylic acids is 1. The van der Waals surface area contributed by atoms with Crippen molar-refractivity contribution in [3.05, 3.63) is 41.1 Å². The van der Waals surface area contributed by atoms with Gasteiger partial charge in [0.25, 0.3) is 0 Å². The fourth-order valence-corrected chi connectivity index (χ4v) is 2.32. The molecule has 0 spiro atoms. The molecule has 0 atom stereocenters. The minimum absolute atomic E-state index is 0.431. The SMILES string of the molecule is CCc1nnc(Nc2ccc(NC(=O)OC)cc2)c(C#N)c1CC. The van der Waals surface area contributed by atoms with E-state index in [9.17, 15) is 10.1 Å². The second-order valence-corrected chi connectivity index (χ2v) is 4.99. The predicted octanol–water partition coefficient (Wildman–Crippen LogP) is 3.39. The first-order chi connectivity index (χ1) is 11.6. The van der Waals surface area contributed by atoms with Crippen LogP contribution in [0.25, 0.3) is 0 Å². The zero-order valence-corrected chi connectivity index (χ0v) is 13.9. The lowest BCUT2D eigenvalue weighted by Crippen LogP contribution is -2.10. The summed E-state index contributed by atoms with van der Waals surface area (Å²) in [6.07, 6.45) is 0.924. The topological polar surface area (TPSA) is 99.9 Å². The summed E-state index contributed by atoms with van der Waals surface area (Å²) in [5.41, 5.74) is 3.62. The highest BCUT2D eigenvalue weighted by Gasteiger charge is 2.14. The van der Waals surface area contributed by atoms with Crippen molar-refractivity contribution in [2.75, 3.05) is 17.7 Å². The Bertz CT molecular complexity index is 766. The van der Waals surface area contributed by atoms with Crippen molar-refractivity contribution >= 4 is 23.3 Å². The number of hydrogen-bond donors (Lipinski definition) is 2. The quantitative estimate of drug-likeness (QED) is 0.874. The third-order valence-corrected chi connectivity index (χ3v) is 3.54. The van der Waals surface area contributed by atoms with Crippen LogP contribution in [-0.4, -0.2) is 23.4 Å². The zero-order valence-electron chi connectivity index (χ0n) is 13.9. The van der Waals surface area contributed by atoms with E-state index >= 15 is 0 Å². The molecule has 0 fully saturated rings. The summed E-state index contributed by atoms with van der Waals surface area (Å²) in [5, 5.41) is 23.5. The molecule has 2 N–H and O–H groups in total. The lowest BCUT2D eigenvalue weighted by Gasteiger charge is -2.12. The third kappa shape index (κ3) is 3.79. The lowest BCUT2D eigenvalue weighted by atomic mass is 10.0. The molecular weight excluding hydrogens is 306 g/mol. The molecule has 0 unspecified atom stereocenters. The summed E-state index contributed by atoms with van der Waals surface area (Å²) in [6.45, 7) is 3.98. The van der Waals surface area contributed by atoms with Crippen molar-refractivity contribution in [2.45, 2.75) is 26.7 Å². The van der Waals surface area contributed by atoms with Crippen LogP contribution in [0.3, 0.4) is 0 Å². The van der Waals surface area contributed by atoms with Crippen molar-refractivity contribution in [1.29, 1.82) is 5.26 Å². The number of carbonyl (C=O) groups is 1. The normalized spacial score (nSPS) is 9.92. The monoisotopic (exact) mass is 325 g/mol. The number of benzene rings is 1. The Labute approximate surface area is 140 Å². The molecule has 1 heterocycles. The maximum atomic E-state index is 11.2. The van der Waals surface area contributed by atoms with Gasteiger partial charge in [-0.25, -0.2) is 4.79 Å². The summed E-state index contributed by atoms with van der Waals surface area (Å²) < 4.78 is 4.54. The maximum absolute atomic E-state index is 11.2. The van der Waals surface area contributed by atoms with E-state index in [0.717, 1.165) is 29.8 Å². The summed E-state index contributed by atoms with van der Waals surface area (Å²) in [7, 11) is 1.30. The first kappa shape index (κ1) is 17.2. The number of ether oxygens (including phenoxy) is 1. The number of rotatable bonds is 5. The minimum Gasteiger partial charge on any atom is -0.453 e. The zero-order chi connectivity index (χ0) is 17.5. The van der Waals surface area contributed by atoms with Crippen LogP contribution in [0, 0.1) is 11.3 Å². The molecule has 24 heavy (non-hydrogen) atoms. The van der Waals surface area contributed by atoms with Gasteiger partial charge in [-0.05, 0) is 42.7 Å². The van der Waals surface area contributed by atoms with Crippen molar-refractivity contribution < 1.29 is 9.53 Å². The molecule has 124 valence electrons. The van der Waals surface area contributed by atoms with Crippen LogP contribution in [0.15, 0.2) is 24.3 Å². The lowest BCUT2D eigenvalue weighted by molar-refractivity contribution is 0.187. The highest BCUT2D eigenvalue weighted by molar-refractivity contribution is 5.84. The first-order valence-corrected chi connectivity index (χ1v) is 7.63. The third-order valence-electron chi connectivity index (χ3n) is 3.54. The number of anilines is 3. The number of hydrogen-bond acceptors (Lipinski definition) is 6. The highest BCUT2D eigenvalue weighted by Crippen LogP contribution is 2.24. The fourth-order valence-electron chi connectivity index (χ4n) is 2.32. The number of methoxy groups -OCH3 is 1. The maximum Gasteiger partial charge on any atom is 0.411 e. The number of amides is 1. The van der Waals surface area contributed by atoms with Gasteiger partial charge in [0.1, 0.15) is 11.6 Å². The smallest absolute Gasteiger partial charge is 0.411 e. The standard InChI is InChI=1S/C17H19N5O2/c1-4-13-14(10-18)16(22-21-15(13)5-2)19-11-6-8-12(9-7-11)20-17(23)24-3/h6-9H,4-5H2,1-3H3,(H,19,22)(H,20,23). The van der Waals surface area contributed by atoms with Gasteiger partial charge >= 0.3 is 6.09 Å². The molecule has 0 bridgehead atoms. The summed E-state index contributed by atoms with van der Waals surface area (Å²) >= 11 is 0. The molecule has 0 aliphatic carbocycles. The Morgan fingerprint density at radius 2 is 1.83 bits per heavy atom. The first-order valence-electron chi connectivity index (χ1n) is 7.63. The second-order valence-electron chi connectivity index (χ2n) is 4.99. The average molecular weight is 325 g/mol. The van der Waals surface area contributed by atoms with E-state index in [-0.39, 0.29) is 0 Å². The van der Waals surface area contributed by atoms with E-state index in [2.05, 4.69) is 31.6 Å². The Morgan fingerprint density at radius 1 is 1.17 bits per heavy atom. The number of nitrogens with one attached hydrogen (secondary N) is 2. The predicted molar refractivity (Wildman–Crippen MR) is 91.3 cm³/mol. The van der Waals surface area contributed by atoms with Gasteiger partial charge in [0.05, 0.1) is 12.8 Å². The molecule has 7 heteroatoms. The average Bonchev–Trinajstić information content (AvgIpc) is 2.62. The molecule has 2 rings (SSSR count). The van der Waals surface area contributed by atoms with Gasteiger partial charge in [-0.2, -0.15) is 10.4 Å². The molecule has 0 saturated heterocycles. The molecule has 1 aromatic heterocycles. The van der Waals surface area contributed by atoms with Crippen LogP contribution in [0.5, 0.6) is 0 Å². The molecule has 0 aliphatic rings. The van der Waals surface area contributed by atoms with Gasteiger partial charge in [-0.3, -0.25) is 5.32 Å². The minimum atomic E-state index is -0.531. The van der Waals surface area contributed by atoms with Crippen LogP contribution in [0.1, 0.15) is 30.7 Å². The van der Waals surface area contributed by atoms with Gasteiger partial charge in [-0.15, -0.1) is 5.10 Å². The Hall–Kier alpha value is -3.14. The number of aromatic nitrogens is 2.